The molecule has 0 spiro atoms. The van der Waals surface area contributed by atoms with Gasteiger partial charge in [0.1, 0.15) is 34.7 Å². The zero-order valence-corrected chi connectivity index (χ0v) is 32.5. The van der Waals surface area contributed by atoms with Crippen LogP contribution in [0.25, 0.3) is 33.1 Å². The number of halogens is 1. The van der Waals surface area contributed by atoms with Crippen LogP contribution in [0.4, 0.5) is 14.9 Å². The van der Waals surface area contributed by atoms with E-state index in [4.69, 9.17) is 9.15 Å². The highest BCUT2D eigenvalue weighted by molar-refractivity contribution is 6.09. The van der Waals surface area contributed by atoms with Crippen molar-refractivity contribution in [2.75, 3.05) is 18.0 Å². The minimum Gasteiger partial charge on any atom is -0.487 e. The summed E-state index contributed by atoms with van der Waals surface area (Å²) in [5, 5.41) is 5.73. The van der Waals surface area contributed by atoms with Gasteiger partial charge in [-0.3, -0.25) is 33.9 Å². The number of aromatic nitrogens is 3. The third-order valence-electron chi connectivity index (χ3n) is 10.8. The number of nitrogens with zero attached hydrogens (tertiary/aromatic N) is 4. The number of hydrogen-bond donors (Lipinski definition) is 2. The van der Waals surface area contributed by atoms with Gasteiger partial charge in [-0.25, -0.2) is 14.0 Å². The summed E-state index contributed by atoms with van der Waals surface area (Å²) < 4.78 is 31.5. The monoisotopic (exact) mass is 768 g/mol. The third-order valence-corrected chi connectivity index (χ3v) is 10.8. The maximum atomic E-state index is 16.1. The average molecular weight is 769 g/mol. The van der Waals surface area contributed by atoms with Crippen LogP contribution in [-0.4, -0.2) is 50.7 Å². The highest BCUT2D eigenvalue weighted by Gasteiger charge is 2.36. The number of carbonyl (C=O) groups excluding carboxylic acids is 3. The van der Waals surface area contributed by atoms with E-state index in [9.17, 15) is 19.2 Å². The number of imidazole rings is 1. The van der Waals surface area contributed by atoms with Gasteiger partial charge in [-0.15, -0.1) is 0 Å². The molecule has 57 heavy (non-hydrogen) atoms. The third kappa shape index (κ3) is 6.81. The van der Waals surface area contributed by atoms with Crippen LogP contribution in [0, 0.1) is 17.7 Å². The van der Waals surface area contributed by atoms with E-state index in [0.29, 0.717) is 45.5 Å². The summed E-state index contributed by atoms with van der Waals surface area (Å²) in [7, 11) is 3.56. The lowest BCUT2D eigenvalue weighted by molar-refractivity contribution is -0.120. The second-order valence-corrected chi connectivity index (χ2v) is 15.5. The number of fused-ring (bicyclic) bond motifs is 3. The minimum atomic E-state index is -0.561. The van der Waals surface area contributed by atoms with Gasteiger partial charge in [0, 0.05) is 66.8 Å². The molecular formula is C44H41FN6O6. The number of hydrogen-bond acceptors (Lipinski definition) is 7. The normalized spacial score (nSPS) is 16.3. The quantitative estimate of drug-likeness (QED) is 0.176. The van der Waals surface area contributed by atoms with E-state index >= 15 is 4.39 Å². The molecule has 2 aliphatic rings. The molecule has 8 rings (SSSR count). The van der Waals surface area contributed by atoms with Gasteiger partial charge in [-0.2, -0.15) is 0 Å². The highest BCUT2D eigenvalue weighted by Crippen LogP contribution is 2.47. The Hall–Kier alpha value is -6.68. The van der Waals surface area contributed by atoms with Crippen molar-refractivity contribution < 1.29 is 27.9 Å². The van der Waals surface area contributed by atoms with Crippen LogP contribution >= 0.6 is 0 Å². The van der Waals surface area contributed by atoms with E-state index in [2.05, 4.69) is 47.4 Å². The average Bonchev–Trinajstić information content (AvgIpc) is 3.69. The molecule has 3 aromatic heterocycles. The fraction of sp³-hybridized carbons (Fsp3) is 0.295. The minimum absolute atomic E-state index is 0.0368. The van der Waals surface area contributed by atoms with E-state index in [1.165, 1.54) is 29.5 Å². The Kier molecular flexibility index (Phi) is 9.23. The SMILES string of the molecule is CC(C)c1cc(C2CC(C)(C)Oc3cc(-c4ccc(C(=O)NCC#Cc5ccc6occ(N7CCC(=O)NC7=O)c6c5)nc4)c(F)cc32)cc2c1n(C)c(=O)n2C. The Labute approximate surface area is 327 Å². The van der Waals surface area contributed by atoms with Crippen LogP contribution in [0.5, 0.6) is 5.75 Å². The molecule has 12 nitrogen and oxygen atoms in total. The van der Waals surface area contributed by atoms with E-state index < -0.39 is 23.4 Å². The van der Waals surface area contributed by atoms with Crippen molar-refractivity contribution in [1.29, 1.82) is 0 Å². The molecule has 4 amide bonds. The first kappa shape index (κ1) is 37.3. The summed E-state index contributed by atoms with van der Waals surface area (Å²) >= 11 is 0. The second-order valence-electron chi connectivity index (χ2n) is 15.5. The lowest BCUT2D eigenvalue weighted by Gasteiger charge is -2.38. The fourth-order valence-corrected chi connectivity index (χ4v) is 7.88. The number of urea groups is 1. The first-order chi connectivity index (χ1) is 27.2. The number of furan rings is 1. The Morgan fingerprint density at radius 3 is 2.61 bits per heavy atom. The molecule has 1 atom stereocenters. The number of nitrogens with one attached hydrogen (secondary N) is 2. The van der Waals surface area contributed by atoms with Gasteiger partial charge >= 0.3 is 11.7 Å². The number of rotatable bonds is 6. The molecule has 0 radical (unpaired) electrons. The van der Waals surface area contributed by atoms with E-state index in [1.54, 1.807) is 53.6 Å². The van der Waals surface area contributed by atoms with E-state index in [-0.39, 0.29) is 48.6 Å². The van der Waals surface area contributed by atoms with Crippen LogP contribution in [0.15, 0.2) is 76.3 Å². The van der Waals surface area contributed by atoms with Gasteiger partial charge < -0.3 is 14.5 Å². The molecule has 1 unspecified atom stereocenters. The van der Waals surface area contributed by atoms with Crippen molar-refractivity contribution in [3.05, 3.63) is 111 Å². The van der Waals surface area contributed by atoms with Crippen molar-refractivity contribution in [3.8, 4) is 28.7 Å². The van der Waals surface area contributed by atoms with Gasteiger partial charge in [0.05, 0.1) is 23.3 Å². The molecule has 6 aromatic rings. The molecule has 290 valence electrons. The summed E-state index contributed by atoms with van der Waals surface area (Å²) in [6.45, 7) is 8.52. The first-order valence-electron chi connectivity index (χ1n) is 18.8. The Morgan fingerprint density at radius 2 is 1.88 bits per heavy atom. The number of aryl methyl sites for hydroxylation is 2. The van der Waals surface area contributed by atoms with Gasteiger partial charge in [0.25, 0.3) is 5.91 Å². The molecule has 13 heteroatoms. The zero-order chi connectivity index (χ0) is 40.3. The largest absolute Gasteiger partial charge is 0.487 e. The molecule has 1 fully saturated rings. The Balaban J connectivity index is 0.992. The topological polar surface area (TPSA) is 141 Å². The fourth-order valence-electron chi connectivity index (χ4n) is 7.88. The van der Waals surface area contributed by atoms with Crippen LogP contribution in [0.2, 0.25) is 0 Å². The van der Waals surface area contributed by atoms with E-state index in [1.807, 2.05) is 19.9 Å². The van der Waals surface area contributed by atoms with Crippen molar-refractivity contribution in [1.82, 2.24) is 24.8 Å². The van der Waals surface area contributed by atoms with Crippen LogP contribution in [0.1, 0.15) is 85.1 Å². The summed E-state index contributed by atoms with van der Waals surface area (Å²) in [5.74, 6) is 5.28. The molecule has 2 N–H and O–H groups in total. The molecule has 5 heterocycles. The molecule has 1 saturated heterocycles. The maximum absolute atomic E-state index is 16.1. The van der Waals surface area contributed by atoms with Gasteiger partial charge in [0.2, 0.25) is 5.91 Å². The number of ether oxygens (including phenoxy) is 1. The Bertz CT molecular complexity index is 2770. The summed E-state index contributed by atoms with van der Waals surface area (Å²) in [6.07, 6.45) is 3.74. The number of benzene rings is 3. The molecule has 2 aliphatic heterocycles. The number of pyridine rings is 1. The number of imide groups is 1. The van der Waals surface area contributed by atoms with Crippen LogP contribution < -0.4 is 26.0 Å². The van der Waals surface area contributed by atoms with E-state index in [0.717, 1.165) is 27.7 Å². The van der Waals surface area contributed by atoms with Crippen molar-refractivity contribution >= 4 is 45.5 Å². The number of carbonyl (C=O) groups is 3. The second kappa shape index (κ2) is 14.1. The van der Waals surface area contributed by atoms with Crippen molar-refractivity contribution in [3.63, 3.8) is 0 Å². The first-order valence-corrected chi connectivity index (χ1v) is 18.8. The predicted octanol–water partition coefficient (Wildman–Crippen LogP) is 6.87. The molecule has 0 saturated carbocycles. The molecular weight excluding hydrogens is 728 g/mol. The molecule has 0 bridgehead atoms. The predicted molar refractivity (Wildman–Crippen MR) is 214 cm³/mol. The van der Waals surface area contributed by atoms with Crippen molar-refractivity contribution in [2.24, 2.45) is 14.1 Å². The zero-order valence-electron chi connectivity index (χ0n) is 32.5. The van der Waals surface area contributed by atoms with Crippen molar-refractivity contribution in [2.45, 2.75) is 58.0 Å². The Morgan fingerprint density at radius 1 is 1.07 bits per heavy atom. The maximum Gasteiger partial charge on any atom is 0.328 e. The summed E-state index contributed by atoms with van der Waals surface area (Å²) in [6, 6.07) is 15.4. The molecule has 3 aromatic carbocycles. The number of anilines is 1. The van der Waals surface area contributed by atoms with Gasteiger partial charge in [-0.05, 0) is 79.8 Å². The summed E-state index contributed by atoms with van der Waals surface area (Å²) in [5.41, 5.74) is 6.53. The number of amides is 4. The van der Waals surface area contributed by atoms with Crippen LogP contribution in [0.3, 0.4) is 0 Å². The lowest BCUT2D eigenvalue weighted by Crippen LogP contribution is -2.49. The smallest absolute Gasteiger partial charge is 0.328 e. The summed E-state index contributed by atoms with van der Waals surface area (Å²) in [4.78, 5) is 55.7. The standard InChI is InChI=1S/C44H41FN6O6/c1-24(2)28-17-27(18-35-40(28)50(6)43(55)49(35)5)32-21-44(3,4)57-38-20-29(33(45)19-30(32)38)26-10-11-34(47-22-26)41(53)46-14-7-8-25-9-12-37-31(16-25)36(23-56-37)51-15-13-39(52)48-42(51)54/h9-12,16-20,22-24,32H,13-15,21H2,1-6H3,(H,46,53)(H,48,52,54). The highest BCUT2D eigenvalue weighted by atomic mass is 19.1. The van der Waals surface area contributed by atoms with Gasteiger partial charge in [-0.1, -0.05) is 37.8 Å². The van der Waals surface area contributed by atoms with Crippen LogP contribution in [-0.2, 0) is 18.9 Å². The molecule has 0 aliphatic carbocycles. The van der Waals surface area contributed by atoms with Gasteiger partial charge in [0.15, 0.2) is 0 Å². The lowest BCUT2D eigenvalue weighted by atomic mass is 9.78.